The van der Waals surface area contributed by atoms with Crippen LogP contribution in [-0.4, -0.2) is 42.4 Å². The first-order valence-corrected chi connectivity index (χ1v) is 6.60. The van der Waals surface area contributed by atoms with Crippen LogP contribution in [0.25, 0.3) is 0 Å². The summed E-state index contributed by atoms with van der Waals surface area (Å²) in [7, 11) is 0. The van der Waals surface area contributed by atoms with Gasteiger partial charge in [0.1, 0.15) is 0 Å². The van der Waals surface area contributed by atoms with Crippen molar-refractivity contribution in [2.75, 3.05) is 31.6 Å². The molecule has 2 rings (SSSR count). The number of rotatable bonds is 5. The highest BCUT2D eigenvalue weighted by atomic mass is 16.4. The number of nitrogens with one attached hydrogen (secondary N) is 2. The molecule has 5 heteroatoms. The fourth-order valence-corrected chi connectivity index (χ4v) is 2.58. The minimum absolute atomic E-state index is 0.00197. The van der Waals surface area contributed by atoms with Gasteiger partial charge in [-0.3, -0.25) is 4.79 Å². The van der Waals surface area contributed by atoms with Gasteiger partial charge in [0.05, 0.1) is 12.5 Å². The minimum Gasteiger partial charge on any atom is -0.481 e. The number of anilines is 1. The first-order valence-electron chi connectivity index (χ1n) is 6.60. The molecule has 1 aromatic rings. The average molecular weight is 264 g/mol. The van der Waals surface area contributed by atoms with Gasteiger partial charge in [-0.25, -0.2) is 0 Å². The van der Waals surface area contributed by atoms with Crippen LogP contribution in [0.2, 0.25) is 0 Å². The van der Waals surface area contributed by atoms with Crippen molar-refractivity contribution in [1.82, 2.24) is 5.32 Å². The molecule has 1 aliphatic rings. The number of carboxylic acids is 1. The molecular weight excluding hydrogens is 244 g/mol. The van der Waals surface area contributed by atoms with E-state index < -0.39 is 5.97 Å². The van der Waals surface area contributed by atoms with Gasteiger partial charge in [-0.15, -0.1) is 0 Å². The SMILES string of the molecule is O=C(O)[C@@H]1CCNC[C@H]1c1cccc(NCCO)c1. The number of hydrogen-bond acceptors (Lipinski definition) is 4. The van der Waals surface area contributed by atoms with E-state index in [1.807, 2.05) is 24.3 Å². The fraction of sp³-hybridized carbons (Fsp3) is 0.500. The van der Waals surface area contributed by atoms with E-state index in [2.05, 4.69) is 10.6 Å². The summed E-state index contributed by atoms with van der Waals surface area (Å²) in [5, 5.41) is 24.5. The van der Waals surface area contributed by atoms with Gasteiger partial charge in [0.15, 0.2) is 0 Å². The van der Waals surface area contributed by atoms with Crippen LogP contribution >= 0.6 is 0 Å². The number of aliphatic carboxylic acids is 1. The quantitative estimate of drug-likeness (QED) is 0.634. The summed E-state index contributed by atoms with van der Waals surface area (Å²) in [6.45, 7) is 2.03. The lowest BCUT2D eigenvalue weighted by molar-refractivity contribution is -0.143. The highest BCUT2D eigenvalue weighted by molar-refractivity contribution is 5.72. The minimum atomic E-state index is -0.722. The van der Waals surface area contributed by atoms with E-state index in [9.17, 15) is 9.90 Å². The fourth-order valence-electron chi connectivity index (χ4n) is 2.58. The summed E-state index contributed by atoms with van der Waals surface area (Å²) in [6, 6.07) is 7.79. The zero-order chi connectivity index (χ0) is 13.7. The highest BCUT2D eigenvalue weighted by Crippen LogP contribution is 2.30. The second kappa shape index (κ2) is 6.54. The Balaban J connectivity index is 2.16. The maximum absolute atomic E-state index is 11.3. The van der Waals surface area contributed by atoms with Crippen molar-refractivity contribution in [3.8, 4) is 0 Å². The largest absolute Gasteiger partial charge is 0.481 e. The Labute approximate surface area is 112 Å². The Bertz CT molecular complexity index is 436. The van der Waals surface area contributed by atoms with Crippen molar-refractivity contribution >= 4 is 11.7 Å². The molecule has 0 bridgehead atoms. The summed E-state index contributed by atoms with van der Waals surface area (Å²) >= 11 is 0. The third kappa shape index (κ3) is 3.45. The Kier molecular flexibility index (Phi) is 4.76. The lowest BCUT2D eigenvalue weighted by Gasteiger charge is -2.29. The van der Waals surface area contributed by atoms with Gasteiger partial charge in [0, 0.05) is 24.7 Å². The number of carboxylic acid groups (broad SMARTS) is 1. The average Bonchev–Trinajstić information content (AvgIpc) is 2.45. The van der Waals surface area contributed by atoms with Gasteiger partial charge in [-0.1, -0.05) is 12.1 Å². The van der Waals surface area contributed by atoms with Crippen LogP contribution in [0.4, 0.5) is 5.69 Å². The van der Waals surface area contributed by atoms with Crippen LogP contribution in [0.1, 0.15) is 17.9 Å². The molecule has 0 spiro atoms. The Morgan fingerprint density at radius 2 is 2.32 bits per heavy atom. The van der Waals surface area contributed by atoms with E-state index in [1.54, 1.807) is 0 Å². The lowest BCUT2D eigenvalue weighted by atomic mass is 9.81. The van der Waals surface area contributed by atoms with Crippen molar-refractivity contribution in [3.63, 3.8) is 0 Å². The molecule has 1 aliphatic heterocycles. The summed E-state index contributed by atoms with van der Waals surface area (Å²) in [5.74, 6) is -1.04. The Hall–Kier alpha value is -1.59. The predicted octanol–water partition coefficient (Wildman–Crippen LogP) is 0.868. The van der Waals surface area contributed by atoms with E-state index >= 15 is 0 Å². The molecule has 1 heterocycles. The molecule has 5 nitrogen and oxygen atoms in total. The molecule has 0 unspecified atom stereocenters. The van der Waals surface area contributed by atoms with Crippen molar-refractivity contribution < 1.29 is 15.0 Å². The van der Waals surface area contributed by atoms with E-state index in [0.717, 1.165) is 17.8 Å². The third-order valence-corrected chi connectivity index (χ3v) is 3.55. The molecule has 0 aromatic heterocycles. The standard InChI is InChI=1S/C14H20N2O3/c17-7-6-16-11-3-1-2-10(8-11)13-9-15-5-4-12(13)14(18)19/h1-3,8,12-13,15-17H,4-7,9H2,(H,18,19)/t12-,13+/m1/s1. The van der Waals surface area contributed by atoms with Crippen molar-refractivity contribution in [3.05, 3.63) is 29.8 Å². The second-order valence-electron chi connectivity index (χ2n) is 4.82. The summed E-state index contributed by atoms with van der Waals surface area (Å²) in [6.07, 6.45) is 0.661. The van der Waals surface area contributed by atoms with Crippen LogP contribution in [0.3, 0.4) is 0 Å². The van der Waals surface area contributed by atoms with Crippen LogP contribution in [0, 0.1) is 5.92 Å². The van der Waals surface area contributed by atoms with Crippen LogP contribution in [-0.2, 0) is 4.79 Å². The van der Waals surface area contributed by atoms with Crippen molar-refractivity contribution in [1.29, 1.82) is 0 Å². The van der Waals surface area contributed by atoms with Crippen molar-refractivity contribution in [2.24, 2.45) is 5.92 Å². The Morgan fingerprint density at radius 3 is 3.05 bits per heavy atom. The molecule has 4 N–H and O–H groups in total. The van der Waals surface area contributed by atoms with E-state index in [4.69, 9.17) is 5.11 Å². The molecule has 1 saturated heterocycles. The molecule has 0 saturated carbocycles. The number of piperidine rings is 1. The molecule has 0 amide bonds. The molecule has 0 aliphatic carbocycles. The van der Waals surface area contributed by atoms with Gasteiger partial charge in [0.25, 0.3) is 0 Å². The maximum Gasteiger partial charge on any atom is 0.307 e. The molecule has 104 valence electrons. The zero-order valence-electron chi connectivity index (χ0n) is 10.8. The van der Waals surface area contributed by atoms with Crippen LogP contribution in [0.15, 0.2) is 24.3 Å². The zero-order valence-corrected chi connectivity index (χ0v) is 10.8. The molecule has 2 atom stereocenters. The smallest absolute Gasteiger partial charge is 0.307 e. The normalized spacial score (nSPS) is 23.0. The second-order valence-corrected chi connectivity index (χ2v) is 4.82. The maximum atomic E-state index is 11.3. The third-order valence-electron chi connectivity index (χ3n) is 3.55. The van der Waals surface area contributed by atoms with Gasteiger partial charge in [0.2, 0.25) is 0 Å². The van der Waals surface area contributed by atoms with E-state index in [1.165, 1.54) is 0 Å². The molecule has 0 radical (unpaired) electrons. The molecular formula is C14H20N2O3. The van der Waals surface area contributed by atoms with E-state index in [0.29, 0.717) is 19.5 Å². The summed E-state index contributed by atoms with van der Waals surface area (Å²) in [5.41, 5.74) is 1.95. The number of aliphatic hydroxyl groups is 1. The van der Waals surface area contributed by atoms with Crippen LogP contribution in [0.5, 0.6) is 0 Å². The first-order chi connectivity index (χ1) is 9.22. The predicted molar refractivity (Wildman–Crippen MR) is 73.4 cm³/mol. The molecule has 1 aromatic carbocycles. The van der Waals surface area contributed by atoms with Crippen LogP contribution < -0.4 is 10.6 Å². The number of benzene rings is 1. The number of hydrogen-bond donors (Lipinski definition) is 4. The highest BCUT2D eigenvalue weighted by Gasteiger charge is 2.31. The van der Waals surface area contributed by atoms with Crippen molar-refractivity contribution in [2.45, 2.75) is 12.3 Å². The topological polar surface area (TPSA) is 81.6 Å². The van der Waals surface area contributed by atoms with Gasteiger partial charge in [-0.2, -0.15) is 0 Å². The summed E-state index contributed by atoms with van der Waals surface area (Å²) < 4.78 is 0. The van der Waals surface area contributed by atoms with Gasteiger partial charge in [-0.05, 0) is 30.7 Å². The Morgan fingerprint density at radius 1 is 1.47 bits per heavy atom. The summed E-state index contributed by atoms with van der Waals surface area (Å²) in [4.78, 5) is 11.3. The number of carbonyl (C=O) groups is 1. The van der Waals surface area contributed by atoms with Gasteiger partial charge >= 0.3 is 5.97 Å². The first kappa shape index (κ1) is 13.8. The molecule has 19 heavy (non-hydrogen) atoms. The monoisotopic (exact) mass is 264 g/mol. The van der Waals surface area contributed by atoms with Gasteiger partial charge < -0.3 is 20.8 Å². The van der Waals surface area contributed by atoms with E-state index in [-0.39, 0.29) is 18.4 Å². The number of aliphatic hydroxyl groups excluding tert-OH is 1. The molecule has 1 fully saturated rings. The lowest BCUT2D eigenvalue weighted by Crippen LogP contribution is -2.38.